The first-order chi connectivity index (χ1) is 8.65. The van der Waals surface area contributed by atoms with Gasteiger partial charge in [-0.1, -0.05) is 32.6 Å². The molecule has 0 saturated heterocycles. The number of nitrogen functional groups attached to an aromatic ring is 1. The van der Waals surface area contributed by atoms with E-state index in [2.05, 4.69) is 33.2 Å². The third kappa shape index (κ3) is 3.87. The molecule has 0 aromatic carbocycles. The van der Waals surface area contributed by atoms with Crippen molar-refractivity contribution >= 4 is 27.4 Å². The van der Waals surface area contributed by atoms with E-state index in [4.69, 9.17) is 5.73 Å². The van der Waals surface area contributed by atoms with Crippen molar-refractivity contribution < 1.29 is 0 Å². The first-order valence-corrected chi connectivity index (χ1v) is 7.59. The second-order valence-corrected chi connectivity index (χ2v) is 6.29. The Morgan fingerprint density at radius 3 is 2.78 bits per heavy atom. The molecule has 3 N–H and O–H groups in total. The van der Waals surface area contributed by atoms with Crippen molar-refractivity contribution in [3.63, 3.8) is 0 Å². The molecule has 0 amide bonds. The largest absolute Gasteiger partial charge is 0.397 e. The number of halogens is 1. The van der Waals surface area contributed by atoms with Gasteiger partial charge < -0.3 is 11.1 Å². The third-order valence-corrected chi connectivity index (χ3v) is 4.45. The molecule has 100 valence electrons. The zero-order valence-electron chi connectivity index (χ0n) is 11.0. The Morgan fingerprint density at radius 1 is 1.39 bits per heavy atom. The molecule has 2 rings (SSSR count). The molecule has 1 aliphatic carbocycles. The summed E-state index contributed by atoms with van der Waals surface area (Å²) >= 11 is 3.48. The van der Waals surface area contributed by atoms with Gasteiger partial charge in [0.25, 0.3) is 0 Å². The lowest BCUT2D eigenvalue weighted by Crippen LogP contribution is -2.16. The lowest BCUT2D eigenvalue weighted by Gasteiger charge is -2.26. The van der Waals surface area contributed by atoms with Crippen molar-refractivity contribution in [2.75, 3.05) is 17.6 Å². The number of nitrogens with one attached hydrogen (secondary N) is 1. The standard InChI is InChI=1S/C14H22BrN3/c1-10-2-4-11(5-3-10)6-7-17-14-13(15)8-12(16)9-18-14/h8-11H,2-7,16H2,1H3,(H,17,18). The minimum atomic E-state index is 0.689. The Hall–Kier alpha value is -0.770. The van der Waals surface area contributed by atoms with Gasteiger partial charge in [0.15, 0.2) is 0 Å². The highest BCUT2D eigenvalue weighted by Gasteiger charge is 2.17. The number of aromatic nitrogens is 1. The van der Waals surface area contributed by atoms with E-state index in [0.29, 0.717) is 5.69 Å². The van der Waals surface area contributed by atoms with E-state index < -0.39 is 0 Å². The topological polar surface area (TPSA) is 50.9 Å². The van der Waals surface area contributed by atoms with Crippen LogP contribution in [0.1, 0.15) is 39.0 Å². The van der Waals surface area contributed by atoms with Gasteiger partial charge >= 0.3 is 0 Å². The van der Waals surface area contributed by atoms with Crippen molar-refractivity contribution in [1.29, 1.82) is 0 Å². The summed E-state index contributed by atoms with van der Waals surface area (Å²) in [5, 5.41) is 3.39. The van der Waals surface area contributed by atoms with Crippen LogP contribution < -0.4 is 11.1 Å². The van der Waals surface area contributed by atoms with Crippen molar-refractivity contribution in [3.05, 3.63) is 16.7 Å². The van der Waals surface area contributed by atoms with E-state index in [1.54, 1.807) is 6.20 Å². The minimum Gasteiger partial charge on any atom is -0.397 e. The monoisotopic (exact) mass is 311 g/mol. The Bertz CT molecular complexity index is 387. The van der Waals surface area contributed by atoms with Crippen LogP contribution in [-0.4, -0.2) is 11.5 Å². The van der Waals surface area contributed by atoms with Gasteiger partial charge in [-0.05, 0) is 40.3 Å². The molecule has 1 fully saturated rings. The summed E-state index contributed by atoms with van der Waals surface area (Å²) < 4.78 is 0.944. The molecule has 0 atom stereocenters. The maximum Gasteiger partial charge on any atom is 0.140 e. The fourth-order valence-electron chi connectivity index (χ4n) is 2.60. The quantitative estimate of drug-likeness (QED) is 0.881. The van der Waals surface area contributed by atoms with E-state index in [1.807, 2.05) is 6.07 Å². The van der Waals surface area contributed by atoms with Crippen molar-refractivity contribution in [3.8, 4) is 0 Å². The lowest BCUT2D eigenvalue weighted by molar-refractivity contribution is 0.282. The molecule has 0 radical (unpaired) electrons. The van der Waals surface area contributed by atoms with E-state index >= 15 is 0 Å². The third-order valence-electron chi connectivity index (χ3n) is 3.84. The molecule has 1 aliphatic rings. The van der Waals surface area contributed by atoms with Crippen LogP contribution in [0, 0.1) is 11.8 Å². The van der Waals surface area contributed by atoms with Crippen LogP contribution in [0.15, 0.2) is 16.7 Å². The van der Waals surface area contributed by atoms with E-state index in [1.165, 1.54) is 32.1 Å². The number of nitrogens with two attached hydrogens (primary N) is 1. The lowest BCUT2D eigenvalue weighted by atomic mass is 9.81. The van der Waals surface area contributed by atoms with Crippen molar-refractivity contribution in [1.82, 2.24) is 4.98 Å². The smallest absolute Gasteiger partial charge is 0.140 e. The van der Waals surface area contributed by atoms with Gasteiger partial charge in [0.05, 0.1) is 16.4 Å². The SMILES string of the molecule is CC1CCC(CCNc2ncc(N)cc2Br)CC1. The molecule has 0 unspecified atom stereocenters. The number of pyridine rings is 1. The predicted octanol–water partition coefficient (Wildman–Crippen LogP) is 4.05. The summed E-state index contributed by atoms with van der Waals surface area (Å²) in [6.45, 7) is 3.36. The molecule has 4 heteroatoms. The highest BCUT2D eigenvalue weighted by molar-refractivity contribution is 9.10. The van der Waals surface area contributed by atoms with Crippen molar-refractivity contribution in [2.45, 2.75) is 39.0 Å². The molecule has 1 aromatic heterocycles. The van der Waals surface area contributed by atoms with Crippen LogP contribution in [0.5, 0.6) is 0 Å². The Labute approximate surface area is 118 Å². The van der Waals surface area contributed by atoms with Gasteiger partial charge in [-0.25, -0.2) is 4.98 Å². The van der Waals surface area contributed by atoms with Gasteiger partial charge in [0.1, 0.15) is 5.82 Å². The van der Waals surface area contributed by atoms with E-state index in [0.717, 1.165) is 28.7 Å². The number of anilines is 2. The minimum absolute atomic E-state index is 0.689. The summed E-state index contributed by atoms with van der Waals surface area (Å²) in [7, 11) is 0. The van der Waals surface area contributed by atoms with Crippen LogP contribution in [0.4, 0.5) is 11.5 Å². The Morgan fingerprint density at radius 2 is 2.11 bits per heavy atom. The summed E-state index contributed by atoms with van der Waals surface area (Å²) in [5.41, 5.74) is 6.35. The zero-order valence-corrected chi connectivity index (χ0v) is 12.5. The average Bonchev–Trinajstić information content (AvgIpc) is 2.34. The molecule has 0 spiro atoms. The molecule has 18 heavy (non-hydrogen) atoms. The second kappa shape index (κ2) is 6.41. The van der Waals surface area contributed by atoms with E-state index in [-0.39, 0.29) is 0 Å². The molecule has 0 bridgehead atoms. The first kappa shape index (κ1) is 13.7. The number of hydrogen-bond donors (Lipinski definition) is 2. The highest BCUT2D eigenvalue weighted by atomic mass is 79.9. The highest BCUT2D eigenvalue weighted by Crippen LogP contribution is 2.30. The van der Waals surface area contributed by atoms with Crippen LogP contribution in [0.2, 0.25) is 0 Å². The van der Waals surface area contributed by atoms with Gasteiger partial charge in [0, 0.05) is 6.54 Å². The molecule has 3 nitrogen and oxygen atoms in total. The zero-order chi connectivity index (χ0) is 13.0. The summed E-state index contributed by atoms with van der Waals surface area (Å²) in [5.74, 6) is 2.72. The van der Waals surface area contributed by atoms with Gasteiger partial charge in [0.2, 0.25) is 0 Å². The molecule has 1 heterocycles. The summed E-state index contributed by atoms with van der Waals surface area (Å²) in [6.07, 6.45) is 8.50. The van der Waals surface area contributed by atoms with Gasteiger partial charge in [-0.2, -0.15) is 0 Å². The van der Waals surface area contributed by atoms with Crippen LogP contribution in [0.25, 0.3) is 0 Å². The maximum atomic E-state index is 5.67. The molecular weight excluding hydrogens is 290 g/mol. The number of nitrogens with zero attached hydrogens (tertiary/aromatic N) is 1. The Kier molecular flexibility index (Phi) is 4.87. The molecule has 1 aromatic rings. The Balaban J connectivity index is 1.75. The normalized spacial score (nSPS) is 23.9. The summed E-state index contributed by atoms with van der Waals surface area (Å²) in [6, 6.07) is 1.89. The molecule has 0 aliphatic heterocycles. The fourth-order valence-corrected chi connectivity index (χ4v) is 3.10. The second-order valence-electron chi connectivity index (χ2n) is 5.44. The number of rotatable bonds is 4. The molecular formula is C14H22BrN3. The fraction of sp³-hybridized carbons (Fsp3) is 0.643. The average molecular weight is 312 g/mol. The number of hydrogen-bond acceptors (Lipinski definition) is 3. The predicted molar refractivity (Wildman–Crippen MR) is 80.6 cm³/mol. The van der Waals surface area contributed by atoms with Crippen molar-refractivity contribution in [2.24, 2.45) is 11.8 Å². The van der Waals surface area contributed by atoms with Gasteiger partial charge in [-0.15, -0.1) is 0 Å². The first-order valence-electron chi connectivity index (χ1n) is 6.80. The van der Waals surface area contributed by atoms with Crippen LogP contribution >= 0.6 is 15.9 Å². The van der Waals surface area contributed by atoms with E-state index in [9.17, 15) is 0 Å². The maximum absolute atomic E-state index is 5.67. The van der Waals surface area contributed by atoms with Gasteiger partial charge in [-0.3, -0.25) is 0 Å². The summed E-state index contributed by atoms with van der Waals surface area (Å²) in [4.78, 5) is 4.29. The molecule has 1 saturated carbocycles. The van der Waals surface area contributed by atoms with Crippen LogP contribution in [-0.2, 0) is 0 Å². The van der Waals surface area contributed by atoms with Crippen LogP contribution in [0.3, 0.4) is 0 Å².